The van der Waals surface area contributed by atoms with Gasteiger partial charge in [0.2, 0.25) is 0 Å². The Kier molecular flexibility index (Phi) is 5.30. The van der Waals surface area contributed by atoms with Crippen LogP contribution in [0.15, 0.2) is 42.5 Å². The number of carboxylic acid groups (broad SMARTS) is 1. The van der Waals surface area contributed by atoms with E-state index in [0.717, 1.165) is 43.4 Å². The maximum absolute atomic E-state index is 12.9. The average molecular weight is 343 g/mol. The van der Waals surface area contributed by atoms with Gasteiger partial charge in [0.15, 0.2) is 0 Å². The molecule has 0 spiro atoms. The molecule has 1 aromatic carbocycles. The summed E-state index contributed by atoms with van der Waals surface area (Å²) in [6, 6.07) is 13.6. The van der Waals surface area contributed by atoms with E-state index in [-0.39, 0.29) is 16.8 Å². The Bertz CT molecular complexity index is 704. The molecule has 1 aliphatic rings. The third-order valence-corrected chi connectivity index (χ3v) is 5.60. The second-order valence-electron chi connectivity index (χ2n) is 6.14. The van der Waals surface area contributed by atoms with Gasteiger partial charge in [-0.05, 0) is 37.0 Å². The molecular formula is C19H21NO3S. The van der Waals surface area contributed by atoms with Crippen molar-refractivity contribution in [2.75, 3.05) is 6.54 Å². The van der Waals surface area contributed by atoms with E-state index in [4.69, 9.17) is 5.11 Å². The largest absolute Gasteiger partial charge is 0.477 e. The van der Waals surface area contributed by atoms with Gasteiger partial charge in [-0.15, -0.1) is 11.3 Å². The number of rotatable bonds is 6. The maximum Gasteiger partial charge on any atom is 0.345 e. The van der Waals surface area contributed by atoms with Gasteiger partial charge in [0.25, 0.3) is 5.91 Å². The summed E-state index contributed by atoms with van der Waals surface area (Å²) < 4.78 is 0. The number of hydrogen-bond donors (Lipinski definition) is 1. The molecule has 4 nitrogen and oxygen atoms in total. The molecule has 0 radical (unpaired) electrons. The number of aromatic carboxylic acids is 1. The fraction of sp³-hybridized carbons (Fsp3) is 0.368. The SMILES string of the molecule is O=C(O)c1ccc(C(=O)N(CCc2ccccc2)C2CCCC2)s1. The van der Waals surface area contributed by atoms with Crippen LogP contribution in [0.3, 0.4) is 0 Å². The lowest BCUT2D eigenvalue weighted by molar-refractivity contribution is 0.0685. The van der Waals surface area contributed by atoms with Crippen LogP contribution >= 0.6 is 11.3 Å². The second kappa shape index (κ2) is 7.62. The zero-order chi connectivity index (χ0) is 16.9. The maximum atomic E-state index is 12.9. The lowest BCUT2D eigenvalue weighted by atomic mass is 10.1. The first-order chi connectivity index (χ1) is 11.6. The smallest absolute Gasteiger partial charge is 0.345 e. The molecule has 0 atom stereocenters. The van der Waals surface area contributed by atoms with Crippen molar-refractivity contribution in [3.63, 3.8) is 0 Å². The van der Waals surface area contributed by atoms with Crippen molar-refractivity contribution in [2.24, 2.45) is 0 Å². The van der Waals surface area contributed by atoms with E-state index in [1.54, 1.807) is 6.07 Å². The summed E-state index contributed by atoms with van der Waals surface area (Å²) in [5.74, 6) is -1.01. The van der Waals surface area contributed by atoms with Crippen LogP contribution < -0.4 is 0 Å². The monoisotopic (exact) mass is 343 g/mol. The fourth-order valence-corrected chi connectivity index (χ4v) is 4.07. The summed E-state index contributed by atoms with van der Waals surface area (Å²) >= 11 is 1.07. The van der Waals surface area contributed by atoms with Gasteiger partial charge in [-0.2, -0.15) is 0 Å². The van der Waals surface area contributed by atoms with E-state index >= 15 is 0 Å². The van der Waals surface area contributed by atoms with Crippen LogP contribution in [0, 0.1) is 0 Å². The van der Waals surface area contributed by atoms with Crippen LogP contribution in [0.2, 0.25) is 0 Å². The first-order valence-electron chi connectivity index (χ1n) is 8.33. The van der Waals surface area contributed by atoms with Crippen molar-refractivity contribution in [3.05, 3.63) is 57.8 Å². The highest BCUT2D eigenvalue weighted by molar-refractivity contribution is 7.15. The molecule has 3 rings (SSSR count). The van der Waals surface area contributed by atoms with Crippen molar-refractivity contribution in [1.29, 1.82) is 0 Å². The molecule has 5 heteroatoms. The molecular weight excluding hydrogens is 322 g/mol. The molecule has 0 saturated heterocycles. The first-order valence-corrected chi connectivity index (χ1v) is 9.15. The molecule has 0 aliphatic heterocycles. The fourth-order valence-electron chi connectivity index (χ4n) is 3.27. The van der Waals surface area contributed by atoms with Gasteiger partial charge in [0.1, 0.15) is 4.88 Å². The number of benzene rings is 1. The summed E-state index contributed by atoms with van der Waals surface area (Å²) in [5, 5.41) is 9.07. The van der Waals surface area contributed by atoms with Crippen LogP contribution in [0.25, 0.3) is 0 Å². The summed E-state index contributed by atoms with van der Waals surface area (Å²) in [6.45, 7) is 0.674. The van der Waals surface area contributed by atoms with E-state index in [0.29, 0.717) is 11.4 Å². The standard InChI is InChI=1S/C19H21NO3S/c21-18(16-10-11-17(24-16)19(22)23)20(15-8-4-5-9-15)13-12-14-6-2-1-3-7-14/h1-3,6-7,10-11,15H,4-5,8-9,12-13H2,(H,22,23). The molecule has 0 bridgehead atoms. The molecule has 1 aromatic heterocycles. The van der Waals surface area contributed by atoms with Crippen LogP contribution in [0.1, 0.15) is 50.6 Å². The quantitative estimate of drug-likeness (QED) is 0.860. The van der Waals surface area contributed by atoms with E-state index in [1.165, 1.54) is 11.6 Å². The van der Waals surface area contributed by atoms with Crippen LogP contribution in [0.5, 0.6) is 0 Å². The van der Waals surface area contributed by atoms with E-state index in [2.05, 4.69) is 12.1 Å². The Hall–Kier alpha value is -2.14. The summed E-state index contributed by atoms with van der Waals surface area (Å²) in [6.07, 6.45) is 5.21. The molecule has 1 amide bonds. The molecule has 126 valence electrons. The first kappa shape index (κ1) is 16.7. The zero-order valence-corrected chi connectivity index (χ0v) is 14.3. The lowest BCUT2D eigenvalue weighted by Gasteiger charge is -2.28. The molecule has 2 aromatic rings. The van der Waals surface area contributed by atoms with E-state index in [9.17, 15) is 9.59 Å². The number of thiophene rings is 1. The van der Waals surface area contributed by atoms with E-state index < -0.39 is 5.97 Å². The molecule has 24 heavy (non-hydrogen) atoms. The summed E-state index contributed by atoms with van der Waals surface area (Å²) in [5.41, 5.74) is 1.21. The number of carbonyl (C=O) groups is 2. The Balaban J connectivity index is 1.75. The van der Waals surface area contributed by atoms with Gasteiger partial charge in [-0.25, -0.2) is 4.79 Å². The number of amides is 1. The normalized spacial score (nSPS) is 14.7. The van der Waals surface area contributed by atoms with Crippen LogP contribution in [-0.2, 0) is 6.42 Å². The molecule has 1 aliphatic carbocycles. The second-order valence-corrected chi connectivity index (χ2v) is 7.23. The van der Waals surface area contributed by atoms with Crippen LogP contribution in [0.4, 0.5) is 0 Å². The number of carboxylic acids is 1. The summed E-state index contributed by atoms with van der Waals surface area (Å²) in [4.78, 5) is 26.7. The Morgan fingerprint density at radius 1 is 1.04 bits per heavy atom. The Morgan fingerprint density at radius 2 is 1.71 bits per heavy atom. The topological polar surface area (TPSA) is 57.6 Å². The highest BCUT2D eigenvalue weighted by Gasteiger charge is 2.28. The number of nitrogens with zero attached hydrogens (tertiary/aromatic N) is 1. The van der Waals surface area contributed by atoms with Gasteiger partial charge < -0.3 is 10.0 Å². The van der Waals surface area contributed by atoms with E-state index in [1.807, 2.05) is 23.1 Å². The molecule has 1 saturated carbocycles. The summed E-state index contributed by atoms with van der Waals surface area (Å²) in [7, 11) is 0. The van der Waals surface area contributed by atoms with Gasteiger partial charge in [-0.1, -0.05) is 43.2 Å². The average Bonchev–Trinajstić information content (AvgIpc) is 3.28. The van der Waals surface area contributed by atoms with Crippen molar-refractivity contribution in [1.82, 2.24) is 4.90 Å². The Morgan fingerprint density at radius 3 is 2.33 bits per heavy atom. The minimum atomic E-state index is -0.976. The Labute approximate surface area is 145 Å². The van der Waals surface area contributed by atoms with Crippen molar-refractivity contribution in [2.45, 2.75) is 38.1 Å². The van der Waals surface area contributed by atoms with Gasteiger partial charge >= 0.3 is 5.97 Å². The third-order valence-electron chi connectivity index (χ3n) is 4.54. The molecule has 1 heterocycles. The predicted molar refractivity (Wildman–Crippen MR) is 94.7 cm³/mol. The highest BCUT2D eigenvalue weighted by Crippen LogP contribution is 2.27. The van der Waals surface area contributed by atoms with Crippen molar-refractivity contribution >= 4 is 23.2 Å². The van der Waals surface area contributed by atoms with Crippen LogP contribution in [-0.4, -0.2) is 34.5 Å². The minimum absolute atomic E-state index is 0.0321. The number of hydrogen-bond acceptors (Lipinski definition) is 3. The van der Waals surface area contributed by atoms with Crippen molar-refractivity contribution in [3.8, 4) is 0 Å². The van der Waals surface area contributed by atoms with Crippen molar-refractivity contribution < 1.29 is 14.7 Å². The van der Waals surface area contributed by atoms with Gasteiger partial charge in [0, 0.05) is 12.6 Å². The highest BCUT2D eigenvalue weighted by atomic mass is 32.1. The molecule has 1 N–H and O–H groups in total. The molecule has 1 fully saturated rings. The van der Waals surface area contributed by atoms with Gasteiger partial charge in [0.05, 0.1) is 4.88 Å². The lowest BCUT2D eigenvalue weighted by Crippen LogP contribution is -2.40. The zero-order valence-electron chi connectivity index (χ0n) is 13.5. The number of carbonyl (C=O) groups excluding carboxylic acids is 1. The molecule has 0 unspecified atom stereocenters. The minimum Gasteiger partial charge on any atom is -0.477 e. The van der Waals surface area contributed by atoms with Gasteiger partial charge in [-0.3, -0.25) is 4.79 Å². The predicted octanol–water partition coefficient (Wildman–Crippen LogP) is 4.07. The third kappa shape index (κ3) is 3.85.